The van der Waals surface area contributed by atoms with Crippen LogP contribution in [0.5, 0.6) is 11.5 Å². The summed E-state index contributed by atoms with van der Waals surface area (Å²) in [6, 6.07) is 19.4. The number of aromatic amines is 1. The monoisotopic (exact) mass is 400 g/mol. The van der Waals surface area contributed by atoms with Gasteiger partial charge in [-0.15, -0.1) is 0 Å². The minimum Gasteiger partial charge on any atom is -0.490 e. The first-order chi connectivity index (χ1) is 14.5. The second-order valence-corrected chi connectivity index (χ2v) is 6.79. The summed E-state index contributed by atoms with van der Waals surface area (Å²) in [5.74, 6) is 0.642. The molecule has 6 nitrogen and oxygen atoms in total. The molecule has 150 valence electrons. The quantitative estimate of drug-likeness (QED) is 0.394. The van der Waals surface area contributed by atoms with E-state index in [2.05, 4.69) is 9.97 Å². The highest BCUT2D eigenvalue weighted by molar-refractivity contribution is 5.91. The van der Waals surface area contributed by atoms with E-state index in [0.29, 0.717) is 46.0 Å². The number of para-hydroxylation sites is 1. The highest BCUT2D eigenvalue weighted by Gasteiger charge is 2.15. The van der Waals surface area contributed by atoms with E-state index in [9.17, 15) is 9.59 Å². The van der Waals surface area contributed by atoms with Crippen molar-refractivity contribution >= 4 is 16.9 Å². The minimum atomic E-state index is -0.468. The first kappa shape index (κ1) is 19.4. The lowest BCUT2D eigenvalue weighted by Gasteiger charge is -2.12. The van der Waals surface area contributed by atoms with Crippen LogP contribution in [0, 0.1) is 6.92 Å². The molecule has 6 heteroatoms. The Morgan fingerprint density at radius 1 is 1.00 bits per heavy atom. The number of ether oxygens (including phenoxy) is 2. The summed E-state index contributed by atoms with van der Waals surface area (Å²) in [6.45, 7) is 4.14. The number of benzene rings is 3. The Kier molecular flexibility index (Phi) is 5.30. The predicted molar refractivity (Wildman–Crippen MR) is 115 cm³/mol. The molecule has 0 spiro atoms. The van der Waals surface area contributed by atoms with Gasteiger partial charge in [0.2, 0.25) is 0 Å². The van der Waals surface area contributed by atoms with E-state index in [-0.39, 0.29) is 5.56 Å². The third-order valence-electron chi connectivity index (χ3n) is 4.59. The summed E-state index contributed by atoms with van der Waals surface area (Å²) >= 11 is 0. The number of carbonyl (C=O) groups excluding carboxylic acids is 1. The Balaban J connectivity index is 1.70. The van der Waals surface area contributed by atoms with Crippen molar-refractivity contribution in [2.24, 2.45) is 0 Å². The fourth-order valence-electron chi connectivity index (χ4n) is 3.16. The lowest BCUT2D eigenvalue weighted by molar-refractivity contribution is 0.0728. The molecule has 0 aliphatic rings. The number of nitrogens with zero attached hydrogens (tertiary/aromatic N) is 1. The van der Waals surface area contributed by atoms with Crippen LogP contribution >= 0.6 is 0 Å². The van der Waals surface area contributed by atoms with E-state index in [1.165, 1.54) is 0 Å². The lowest BCUT2D eigenvalue weighted by atomic mass is 10.1. The highest BCUT2D eigenvalue weighted by atomic mass is 16.6. The number of nitrogens with one attached hydrogen (secondary N) is 1. The van der Waals surface area contributed by atoms with Gasteiger partial charge in [0.1, 0.15) is 5.82 Å². The molecule has 30 heavy (non-hydrogen) atoms. The molecule has 1 N–H and O–H groups in total. The maximum atomic E-state index is 12.5. The molecular formula is C24H20N2O4. The topological polar surface area (TPSA) is 81.3 Å². The van der Waals surface area contributed by atoms with Crippen LogP contribution in [0.2, 0.25) is 0 Å². The van der Waals surface area contributed by atoms with Crippen LogP contribution in [0.1, 0.15) is 22.8 Å². The van der Waals surface area contributed by atoms with Crippen molar-refractivity contribution in [3.05, 3.63) is 88.2 Å². The Morgan fingerprint density at radius 2 is 1.83 bits per heavy atom. The smallest absolute Gasteiger partial charge is 0.343 e. The summed E-state index contributed by atoms with van der Waals surface area (Å²) in [7, 11) is 0. The van der Waals surface area contributed by atoms with Crippen LogP contribution in [0.4, 0.5) is 0 Å². The van der Waals surface area contributed by atoms with Crippen molar-refractivity contribution in [3.8, 4) is 22.9 Å². The highest BCUT2D eigenvalue weighted by Crippen LogP contribution is 2.32. The molecule has 4 aromatic rings. The van der Waals surface area contributed by atoms with E-state index in [4.69, 9.17) is 9.47 Å². The second kappa shape index (κ2) is 8.21. The molecule has 0 saturated carbocycles. The molecule has 0 aliphatic carbocycles. The number of carbonyl (C=O) groups is 1. The summed E-state index contributed by atoms with van der Waals surface area (Å²) in [5.41, 5.74) is 2.46. The predicted octanol–water partition coefficient (Wildman–Crippen LogP) is 4.52. The number of hydrogen-bond donors (Lipinski definition) is 1. The van der Waals surface area contributed by atoms with E-state index in [0.717, 1.165) is 5.56 Å². The largest absolute Gasteiger partial charge is 0.490 e. The maximum Gasteiger partial charge on any atom is 0.343 e. The SMILES string of the molecule is CCOc1cc(-c2nc3ccccc3c(=O)[nH]2)ccc1OC(=O)c1cccc(C)c1. The van der Waals surface area contributed by atoms with Crippen molar-refractivity contribution in [2.45, 2.75) is 13.8 Å². The number of H-pyrrole nitrogens is 1. The number of aryl methyl sites for hydroxylation is 1. The second-order valence-electron chi connectivity index (χ2n) is 6.79. The molecule has 0 unspecified atom stereocenters. The van der Waals surface area contributed by atoms with Gasteiger partial charge in [0.15, 0.2) is 11.5 Å². The molecule has 0 aliphatic heterocycles. The Morgan fingerprint density at radius 3 is 2.63 bits per heavy atom. The molecule has 1 aromatic heterocycles. The molecule has 4 rings (SSSR count). The molecule has 0 bridgehead atoms. The lowest BCUT2D eigenvalue weighted by Crippen LogP contribution is -2.11. The van der Waals surface area contributed by atoms with Gasteiger partial charge < -0.3 is 14.5 Å². The summed E-state index contributed by atoms with van der Waals surface area (Å²) in [4.78, 5) is 32.3. The van der Waals surface area contributed by atoms with E-state index in [1.54, 1.807) is 54.6 Å². The van der Waals surface area contributed by atoms with Crippen molar-refractivity contribution in [1.82, 2.24) is 9.97 Å². The van der Waals surface area contributed by atoms with Crippen LogP contribution in [0.3, 0.4) is 0 Å². The average Bonchev–Trinajstić information content (AvgIpc) is 2.75. The van der Waals surface area contributed by atoms with E-state index >= 15 is 0 Å². The van der Waals surface area contributed by atoms with Gasteiger partial charge in [-0.05, 0) is 56.3 Å². The normalized spacial score (nSPS) is 10.7. The third kappa shape index (κ3) is 3.93. The average molecular weight is 400 g/mol. The number of hydrogen-bond acceptors (Lipinski definition) is 5. The number of aromatic nitrogens is 2. The van der Waals surface area contributed by atoms with Crippen molar-refractivity contribution in [3.63, 3.8) is 0 Å². The summed E-state index contributed by atoms with van der Waals surface area (Å²) in [5, 5.41) is 0.523. The van der Waals surface area contributed by atoms with Gasteiger partial charge in [-0.3, -0.25) is 4.79 Å². The first-order valence-electron chi connectivity index (χ1n) is 9.60. The Labute approximate surface area is 173 Å². The van der Waals surface area contributed by atoms with Gasteiger partial charge in [0.05, 0.1) is 23.1 Å². The zero-order valence-corrected chi connectivity index (χ0v) is 16.6. The van der Waals surface area contributed by atoms with Gasteiger partial charge >= 0.3 is 5.97 Å². The van der Waals surface area contributed by atoms with Crippen LogP contribution in [0.25, 0.3) is 22.3 Å². The van der Waals surface area contributed by atoms with E-state index in [1.807, 2.05) is 26.0 Å². The standard InChI is InChI=1S/C24H20N2O4/c1-3-29-21-14-16(22-25-19-10-5-4-9-18(19)23(27)26-22)11-12-20(21)30-24(28)17-8-6-7-15(2)13-17/h4-14H,3H2,1-2H3,(H,25,26,27). The van der Waals surface area contributed by atoms with Gasteiger partial charge in [-0.1, -0.05) is 29.8 Å². The molecular weight excluding hydrogens is 380 g/mol. The summed E-state index contributed by atoms with van der Waals surface area (Å²) in [6.07, 6.45) is 0. The number of fused-ring (bicyclic) bond motifs is 1. The van der Waals surface area contributed by atoms with E-state index < -0.39 is 5.97 Å². The minimum absolute atomic E-state index is 0.219. The maximum absolute atomic E-state index is 12.5. The molecule has 0 saturated heterocycles. The van der Waals surface area contributed by atoms with Crippen molar-refractivity contribution < 1.29 is 14.3 Å². The fourth-order valence-corrected chi connectivity index (χ4v) is 3.16. The third-order valence-corrected chi connectivity index (χ3v) is 4.59. The van der Waals surface area contributed by atoms with Crippen LogP contribution in [-0.2, 0) is 0 Å². The van der Waals surface area contributed by atoms with Crippen molar-refractivity contribution in [1.29, 1.82) is 0 Å². The van der Waals surface area contributed by atoms with Gasteiger partial charge in [0.25, 0.3) is 5.56 Å². The van der Waals surface area contributed by atoms with Gasteiger partial charge in [0, 0.05) is 5.56 Å². The Bertz CT molecular complexity index is 1290. The summed E-state index contributed by atoms with van der Waals surface area (Å²) < 4.78 is 11.2. The van der Waals surface area contributed by atoms with Crippen LogP contribution in [-0.4, -0.2) is 22.5 Å². The zero-order chi connectivity index (χ0) is 21.1. The molecule has 3 aromatic carbocycles. The first-order valence-corrected chi connectivity index (χ1v) is 9.60. The Hall–Kier alpha value is -3.93. The van der Waals surface area contributed by atoms with Crippen LogP contribution in [0.15, 0.2) is 71.5 Å². The molecule has 0 radical (unpaired) electrons. The molecule has 0 fully saturated rings. The number of esters is 1. The molecule has 1 heterocycles. The van der Waals surface area contributed by atoms with Crippen molar-refractivity contribution in [2.75, 3.05) is 6.61 Å². The van der Waals surface area contributed by atoms with Crippen LogP contribution < -0.4 is 15.0 Å². The fraction of sp³-hybridized carbons (Fsp3) is 0.125. The number of rotatable bonds is 5. The van der Waals surface area contributed by atoms with Gasteiger partial charge in [-0.25, -0.2) is 9.78 Å². The molecule has 0 atom stereocenters. The molecule has 0 amide bonds. The van der Waals surface area contributed by atoms with Gasteiger partial charge in [-0.2, -0.15) is 0 Å². The zero-order valence-electron chi connectivity index (χ0n) is 16.6.